The summed E-state index contributed by atoms with van der Waals surface area (Å²) >= 11 is 0. The van der Waals surface area contributed by atoms with E-state index >= 15 is 0 Å². The van der Waals surface area contributed by atoms with E-state index in [0.29, 0.717) is 0 Å². The van der Waals surface area contributed by atoms with Crippen molar-refractivity contribution in [3.63, 3.8) is 0 Å². The second-order valence-electron chi connectivity index (χ2n) is 4.10. The van der Waals surface area contributed by atoms with Crippen molar-refractivity contribution in [2.75, 3.05) is 7.11 Å². The van der Waals surface area contributed by atoms with Crippen molar-refractivity contribution in [1.82, 2.24) is 14.8 Å². The van der Waals surface area contributed by atoms with E-state index in [1.54, 1.807) is 19.5 Å². The number of hydrogen-bond donors (Lipinski definition) is 0. The van der Waals surface area contributed by atoms with Crippen molar-refractivity contribution >= 4 is 10.9 Å². The zero-order valence-corrected chi connectivity index (χ0v) is 10.3. The van der Waals surface area contributed by atoms with Crippen molar-refractivity contribution in [3.8, 4) is 11.4 Å². The van der Waals surface area contributed by atoms with E-state index in [4.69, 9.17) is 4.74 Å². The van der Waals surface area contributed by atoms with Gasteiger partial charge in [-0.15, -0.1) is 0 Å². The summed E-state index contributed by atoms with van der Waals surface area (Å²) in [6, 6.07) is 10.1. The van der Waals surface area contributed by atoms with Gasteiger partial charge in [0.25, 0.3) is 0 Å². The maximum Gasteiger partial charge on any atom is 0.139 e. The first-order chi connectivity index (χ1) is 8.79. The average molecular weight is 239 g/mol. The number of hydrogen-bond acceptors (Lipinski definition) is 3. The van der Waals surface area contributed by atoms with Crippen LogP contribution in [0.3, 0.4) is 0 Å². The molecule has 0 bridgehead atoms. The topological polar surface area (TPSA) is 39.9 Å². The zero-order chi connectivity index (χ0) is 12.5. The van der Waals surface area contributed by atoms with E-state index in [0.717, 1.165) is 28.0 Å². The van der Waals surface area contributed by atoms with Gasteiger partial charge in [-0.3, -0.25) is 4.98 Å². The fraction of sp³-hybridized carbons (Fsp3) is 0.143. The molecule has 2 heterocycles. The molecule has 0 N–H and O–H groups in total. The molecule has 4 nitrogen and oxygen atoms in total. The standard InChI is InChI=1S/C14H13N3O/c1-10-13-5-3-4-6-14(13)17(16-10)11-7-12(18-2)9-15-8-11/h3-9H,1-2H3. The Hall–Kier alpha value is -2.36. The second-order valence-corrected chi connectivity index (χ2v) is 4.10. The number of nitrogens with zero attached hydrogens (tertiary/aromatic N) is 3. The molecule has 4 heteroatoms. The summed E-state index contributed by atoms with van der Waals surface area (Å²) in [6.45, 7) is 2.01. The van der Waals surface area contributed by atoms with Crippen LogP contribution in [0.15, 0.2) is 42.7 Å². The molecule has 0 aliphatic rings. The van der Waals surface area contributed by atoms with E-state index in [1.165, 1.54) is 0 Å². The minimum atomic E-state index is 0.727. The predicted molar refractivity (Wildman–Crippen MR) is 70.2 cm³/mol. The van der Waals surface area contributed by atoms with Gasteiger partial charge in [0.2, 0.25) is 0 Å². The van der Waals surface area contributed by atoms with Gasteiger partial charge in [0, 0.05) is 11.5 Å². The van der Waals surface area contributed by atoms with E-state index in [1.807, 2.05) is 29.8 Å². The predicted octanol–water partition coefficient (Wildman–Crippen LogP) is 2.74. The van der Waals surface area contributed by atoms with Crippen LogP contribution in [-0.4, -0.2) is 21.9 Å². The number of ether oxygens (including phenoxy) is 1. The number of para-hydroxylation sites is 1. The summed E-state index contributed by atoms with van der Waals surface area (Å²) in [4.78, 5) is 4.16. The second kappa shape index (κ2) is 4.14. The van der Waals surface area contributed by atoms with Crippen LogP contribution in [0, 0.1) is 6.92 Å². The fourth-order valence-corrected chi connectivity index (χ4v) is 2.05. The van der Waals surface area contributed by atoms with Gasteiger partial charge in [0.05, 0.1) is 36.4 Å². The average Bonchev–Trinajstić information content (AvgIpc) is 2.77. The molecule has 0 unspecified atom stereocenters. The van der Waals surface area contributed by atoms with Gasteiger partial charge in [-0.2, -0.15) is 5.10 Å². The van der Waals surface area contributed by atoms with Crippen LogP contribution < -0.4 is 4.74 Å². The number of pyridine rings is 1. The van der Waals surface area contributed by atoms with Crippen LogP contribution in [-0.2, 0) is 0 Å². The SMILES string of the molecule is COc1cncc(-n2nc(C)c3ccccc32)c1. The molecule has 3 aromatic rings. The minimum absolute atomic E-state index is 0.727. The molecule has 2 aromatic heterocycles. The van der Waals surface area contributed by atoms with E-state index in [2.05, 4.69) is 22.2 Å². The molecular formula is C14H13N3O. The van der Waals surface area contributed by atoms with Crippen LogP contribution in [0.1, 0.15) is 5.69 Å². The van der Waals surface area contributed by atoms with Gasteiger partial charge >= 0.3 is 0 Å². The summed E-state index contributed by atoms with van der Waals surface area (Å²) in [6.07, 6.45) is 3.46. The first kappa shape index (κ1) is 10.8. The van der Waals surface area contributed by atoms with Gasteiger partial charge in [0.15, 0.2) is 0 Å². The van der Waals surface area contributed by atoms with E-state index in [9.17, 15) is 0 Å². The van der Waals surface area contributed by atoms with Crippen molar-refractivity contribution in [3.05, 3.63) is 48.4 Å². The Morgan fingerprint density at radius 1 is 1.17 bits per heavy atom. The number of benzene rings is 1. The van der Waals surface area contributed by atoms with Crippen molar-refractivity contribution in [2.24, 2.45) is 0 Å². The summed E-state index contributed by atoms with van der Waals surface area (Å²) in [5, 5.41) is 5.71. The smallest absolute Gasteiger partial charge is 0.139 e. The molecule has 0 fully saturated rings. The maximum absolute atomic E-state index is 5.19. The molecule has 18 heavy (non-hydrogen) atoms. The molecule has 0 aliphatic carbocycles. The molecule has 0 spiro atoms. The van der Waals surface area contributed by atoms with Crippen LogP contribution in [0.2, 0.25) is 0 Å². The highest BCUT2D eigenvalue weighted by molar-refractivity contribution is 5.83. The van der Waals surface area contributed by atoms with Crippen molar-refractivity contribution < 1.29 is 4.74 Å². The third kappa shape index (κ3) is 1.62. The van der Waals surface area contributed by atoms with Crippen molar-refractivity contribution in [2.45, 2.75) is 6.92 Å². The van der Waals surface area contributed by atoms with Gasteiger partial charge in [-0.25, -0.2) is 4.68 Å². The number of methoxy groups -OCH3 is 1. The third-order valence-corrected chi connectivity index (χ3v) is 2.95. The Morgan fingerprint density at radius 3 is 2.83 bits per heavy atom. The lowest BCUT2D eigenvalue weighted by atomic mass is 10.2. The van der Waals surface area contributed by atoms with E-state index in [-0.39, 0.29) is 0 Å². The number of aromatic nitrogens is 3. The maximum atomic E-state index is 5.19. The summed E-state index contributed by atoms with van der Waals surface area (Å²) in [7, 11) is 1.63. The zero-order valence-electron chi connectivity index (χ0n) is 10.3. The van der Waals surface area contributed by atoms with Gasteiger partial charge in [-0.1, -0.05) is 18.2 Å². The Morgan fingerprint density at radius 2 is 2.00 bits per heavy atom. The Labute approximate surface area is 105 Å². The number of fused-ring (bicyclic) bond motifs is 1. The largest absolute Gasteiger partial charge is 0.495 e. The Balaban J connectivity index is 2.25. The molecular weight excluding hydrogens is 226 g/mol. The van der Waals surface area contributed by atoms with Crippen molar-refractivity contribution in [1.29, 1.82) is 0 Å². The molecule has 90 valence electrons. The Kier molecular flexibility index (Phi) is 2.48. The molecule has 0 aliphatic heterocycles. The van der Waals surface area contributed by atoms with Gasteiger partial charge in [-0.05, 0) is 13.0 Å². The molecule has 0 saturated heterocycles. The normalized spacial score (nSPS) is 10.8. The lowest BCUT2D eigenvalue weighted by molar-refractivity contribution is 0.412. The first-order valence-corrected chi connectivity index (χ1v) is 5.73. The molecule has 1 aromatic carbocycles. The monoisotopic (exact) mass is 239 g/mol. The molecule has 3 rings (SSSR count). The van der Waals surface area contributed by atoms with Crippen LogP contribution in [0.5, 0.6) is 5.75 Å². The highest BCUT2D eigenvalue weighted by Crippen LogP contribution is 2.22. The summed E-state index contributed by atoms with van der Waals surface area (Å²) < 4.78 is 7.08. The molecule has 0 radical (unpaired) electrons. The number of aryl methyl sites for hydroxylation is 1. The molecule has 0 atom stereocenters. The molecule has 0 saturated carbocycles. The van der Waals surface area contributed by atoms with Crippen LogP contribution in [0.25, 0.3) is 16.6 Å². The highest BCUT2D eigenvalue weighted by atomic mass is 16.5. The Bertz CT molecular complexity index is 703. The quantitative estimate of drug-likeness (QED) is 0.690. The van der Waals surface area contributed by atoms with Crippen LogP contribution >= 0.6 is 0 Å². The first-order valence-electron chi connectivity index (χ1n) is 5.73. The van der Waals surface area contributed by atoms with E-state index < -0.39 is 0 Å². The number of rotatable bonds is 2. The lowest BCUT2D eigenvalue weighted by Crippen LogP contribution is -1.98. The minimum Gasteiger partial charge on any atom is -0.495 e. The summed E-state index contributed by atoms with van der Waals surface area (Å²) in [5.41, 5.74) is 2.98. The van der Waals surface area contributed by atoms with Crippen LogP contribution in [0.4, 0.5) is 0 Å². The third-order valence-electron chi connectivity index (χ3n) is 2.95. The fourth-order valence-electron chi connectivity index (χ4n) is 2.05. The molecule has 0 amide bonds. The highest BCUT2D eigenvalue weighted by Gasteiger charge is 2.08. The lowest BCUT2D eigenvalue weighted by Gasteiger charge is -2.05. The summed E-state index contributed by atoms with van der Waals surface area (Å²) in [5.74, 6) is 0.727. The van der Waals surface area contributed by atoms with Gasteiger partial charge in [0.1, 0.15) is 5.75 Å². The van der Waals surface area contributed by atoms with Gasteiger partial charge < -0.3 is 4.74 Å².